The minimum atomic E-state index is -0.833. The van der Waals surface area contributed by atoms with Crippen LogP contribution in [-0.2, 0) is 4.79 Å². The summed E-state index contributed by atoms with van der Waals surface area (Å²) < 4.78 is 5.63. The van der Waals surface area contributed by atoms with Crippen molar-refractivity contribution >= 4 is 46.6 Å². The van der Waals surface area contributed by atoms with E-state index in [1.165, 1.54) is 6.08 Å². The highest BCUT2D eigenvalue weighted by Crippen LogP contribution is 2.34. The smallest absolute Gasteiger partial charge is 0.273 e. The van der Waals surface area contributed by atoms with Gasteiger partial charge in [0.15, 0.2) is 0 Å². The number of amides is 1. The Morgan fingerprint density at radius 1 is 1.23 bits per heavy atom. The molecule has 2 aromatic carbocycles. The average molecular weight is 444 g/mol. The Morgan fingerprint density at radius 3 is 2.67 bits per heavy atom. The number of carbonyl (C=O) groups excluding carboxylic acids is 1. The van der Waals surface area contributed by atoms with Crippen LogP contribution in [0, 0.1) is 21.4 Å². The van der Waals surface area contributed by atoms with Crippen LogP contribution in [-0.4, -0.2) is 15.9 Å². The molecule has 0 bridgehead atoms. The molecule has 8 nitrogen and oxygen atoms in total. The number of nitro benzene ring substituents is 1. The van der Waals surface area contributed by atoms with E-state index in [9.17, 15) is 25.3 Å². The molecule has 3 aromatic rings. The number of furan rings is 1. The molecule has 0 aliphatic rings. The fourth-order valence-corrected chi connectivity index (χ4v) is 2.88. The van der Waals surface area contributed by atoms with Gasteiger partial charge in [0.1, 0.15) is 28.9 Å². The number of nitrogens with zero attached hydrogens (tertiary/aromatic N) is 2. The van der Waals surface area contributed by atoms with E-state index in [0.29, 0.717) is 21.4 Å². The van der Waals surface area contributed by atoms with Gasteiger partial charge in [0.25, 0.3) is 11.6 Å². The monoisotopic (exact) mass is 443 g/mol. The summed E-state index contributed by atoms with van der Waals surface area (Å²) in [7, 11) is 0. The fourth-order valence-electron chi connectivity index (χ4n) is 2.49. The van der Waals surface area contributed by atoms with Crippen LogP contribution in [0.2, 0.25) is 10.0 Å². The van der Waals surface area contributed by atoms with Gasteiger partial charge in [0.2, 0.25) is 0 Å². The third kappa shape index (κ3) is 4.43. The number of nitro groups is 1. The summed E-state index contributed by atoms with van der Waals surface area (Å²) in [6.45, 7) is 0. The van der Waals surface area contributed by atoms with Crippen LogP contribution >= 0.6 is 23.2 Å². The first-order valence-corrected chi connectivity index (χ1v) is 9.00. The van der Waals surface area contributed by atoms with Crippen molar-refractivity contribution in [3.05, 3.63) is 80.0 Å². The van der Waals surface area contributed by atoms with E-state index in [4.69, 9.17) is 27.6 Å². The van der Waals surface area contributed by atoms with Gasteiger partial charge in [0, 0.05) is 17.7 Å². The first kappa shape index (κ1) is 20.9. The van der Waals surface area contributed by atoms with Crippen LogP contribution in [0.4, 0.5) is 11.4 Å². The Balaban J connectivity index is 1.83. The summed E-state index contributed by atoms with van der Waals surface area (Å²) in [5, 5.41) is 32.9. The maximum absolute atomic E-state index is 12.4. The number of rotatable bonds is 5. The number of phenols is 1. The van der Waals surface area contributed by atoms with Crippen LogP contribution in [0.5, 0.6) is 5.75 Å². The lowest BCUT2D eigenvalue weighted by Crippen LogP contribution is -2.13. The zero-order valence-corrected chi connectivity index (χ0v) is 16.4. The maximum atomic E-state index is 12.4. The Hall–Kier alpha value is -3.80. The predicted octanol–water partition coefficient (Wildman–Crippen LogP) is 5.41. The largest absolute Gasteiger partial charge is 0.506 e. The van der Waals surface area contributed by atoms with Crippen LogP contribution in [0.3, 0.4) is 0 Å². The Bertz CT molecular complexity index is 1230. The number of hydrogen-bond acceptors (Lipinski definition) is 6. The summed E-state index contributed by atoms with van der Waals surface area (Å²) in [6.07, 6.45) is 1.21. The van der Waals surface area contributed by atoms with E-state index in [2.05, 4.69) is 5.32 Å². The lowest BCUT2D eigenvalue weighted by atomic mass is 10.2. The van der Waals surface area contributed by atoms with Crippen molar-refractivity contribution in [2.45, 2.75) is 0 Å². The van der Waals surface area contributed by atoms with Crippen LogP contribution < -0.4 is 5.32 Å². The summed E-state index contributed by atoms with van der Waals surface area (Å²) in [6, 6.07) is 13.1. The summed E-state index contributed by atoms with van der Waals surface area (Å²) in [5.41, 5.74) is -0.199. The number of hydrogen-bond donors (Lipinski definition) is 2. The second-order valence-electron chi connectivity index (χ2n) is 5.89. The SMILES string of the molecule is N#CC(=Cc1ccc(-c2cccc(Cl)c2Cl)o1)C(=O)Nc1ccc([N+](=O)[O-])cc1O. The topological polar surface area (TPSA) is 129 Å². The second kappa shape index (κ2) is 8.69. The van der Waals surface area contributed by atoms with Gasteiger partial charge in [-0.05, 0) is 30.3 Å². The molecule has 0 fully saturated rings. The van der Waals surface area contributed by atoms with Crippen molar-refractivity contribution in [3.63, 3.8) is 0 Å². The quantitative estimate of drug-likeness (QED) is 0.178. The Morgan fingerprint density at radius 2 is 2.00 bits per heavy atom. The first-order chi connectivity index (χ1) is 14.3. The molecule has 0 unspecified atom stereocenters. The number of anilines is 1. The molecule has 0 atom stereocenters. The van der Waals surface area contributed by atoms with Crippen LogP contribution in [0.1, 0.15) is 5.76 Å². The molecule has 0 aliphatic carbocycles. The summed E-state index contributed by atoms with van der Waals surface area (Å²) >= 11 is 12.2. The van der Waals surface area contributed by atoms with Crippen molar-refractivity contribution in [3.8, 4) is 23.1 Å². The van der Waals surface area contributed by atoms with Gasteiger partial charge >= 0.3 is 0 Å². The summed E-state index contributed by atoms with van der Waals surface area (Å²) in [4.78, 5) is 22.4. The Labute approximate surface area is 179 Å². The molecule has 1 heterocycles. The minimum absolute atomic E-state index is 0.0856. The zero-order valence-electron chi connectivity index (χ0n) is 14.9. The van der Waals surface area contributed by atoms with Gasteiger partial charge in [-0.2, -0.15) is 5.26 Å². The molecule has 1 amide bonds. The van der Waals surface area contributed by atoms with Gasteiger partial charge in [0.05, 0.1) is 26.7 Å². The molecule has 0 saturated carbocycles. The van der Waals surface area contributed by atoms with E-state index in [1.54, 1.807) is 36.4 Å². The molecule has 30 heavy (non-hydrogen) atoms. The third-order valence-corrected chi connectivity index (χ3v) is 4.75. The van der Waals surface area contributed by atoms with E-state index in [1.807, 2.05) is 0 Å². The molecule has 150 valence electrons. The summed E-state index contributed by atoms with van der Waals surface area (Å²) in [5.74, 6) is -0.744. The highest BCUT2D eigenvalue weighted by Gasteiger charge is 2.16. The molecule has 0 saturated heterocycles. The number of phenolic OH excluding ortho intramolecular Hbond substituents is 1. The molecule has 2 N–H and O–H groups in total. The van der Waals surface area contributed by atoms with Crippen molar-refractivity contribution < 1.29 is 19.2 Å². The van der Waals surface area contributed by atoms with E-state index in [-0.39, 0.29) is 22.7 Å². The molecule has 0 aliphatic heterocycles. The van der Waals surface area contributed by atoms with E-state index >= 15 is 0 Å². The van der Waals surface area contributed by atoms with E-state index < -0.39 is 16.6 Å². The zero-order chi connectivity index (χ0) is 21.8. The number of nitriles is 1. The van der Waals surface area contributed by atoms with E-state index in [0.717, 1.165) is 18.2 Å². The maximum Gasteiger partial charge on any atom is 0.273 e. The van der Waals surface area contributed by atoms with Crippen molar-refractivity contribution in [1.29, 1.82) is 5.26 Å². The average Bonchev–Trinajstić information content (AvgIpc) is 3.17. The van der Waals surface area contributed by atoms with Gasteiger partial charge in [-0.1, -0.05) is 29.3 Å². The number of carbonyl (C=O) groups is 1. The van der Waals surface area contributed by atoms with Crippen molar-refractivity contribution in [2.24, 2.45) is 0 Å². The highest BCUT2D eigenvalue weighted by molar-refractivity contribution is 6.43. The van der Waals surface area contributed by atoms with Gasteiger partial charge in [-0.3, -0.25) is 14.9 Å². The van der Waals surface area contributed by atoms with Gasteiger partial charge in [-0.15, -0.1) is 0 Å². The lowest BCUT2D eigenvalue weighted by molar-refractivity contribution is -0.384. The molecule has 10 heteroatoms. The number of nitrogens with one attached hydrogen (secondary N) is 1. The predicted molar refractivity (Wildman–Crippen MR) is 111 cm³/mol. The molecular weight excluding hydrogens is 433 g/mol. The first-order valence-electron chi connectivity index (χ1n) is 8.25. The van der Waals surface area contributed by atoms with Gasteiger partial charge < -0.3 is 14.8 Å². The Kier molecular flexibility index (Phi) is 6.06. The van der Waals surface area contributed by atoms with Gasteiger partial charge in [-0.25, -0.2) is 0 Å². The molecule has 3 rings (SSSR count). The fraction of sp³-hybridized carbons (Fsp3) is 0. The standard InChI is InChI=1S/C20H11Cl2N3O5/c21-15-3-1-2-14(19(15)22)18-7-5-13(30-18)8-11(10-23)20(27)24-16-6-4-12(25(28)29)9-17(16)26/h1-9,26H,(H,24,27). The number of non-ortho nitro benzene ring substituents is 1. The lowest BCUT2D eigenvalue weighted by Gasteiger charge is -2.06. The number of benzene rings is 2. The van der Waals surface area contributed by atoms with Crippen LogP contribution in [0.25, 0.3) is 17.4 Å². The number of aromatic hydroxyl groups is 1. The second-order valence-corrected chi connectivity index (χ2v) is 6.67. The third-order valence-electron chi connectivity index (χ3n) is 3.94. The number of halogens is 2. The van der Waals surface area contributed by atoms with Crippen molar-refractivity contribution in [1.82, 2.24) is 0 Å². The molecule has 0 spiro atoms. The van der Waals surface area contributed by atoms with Crippen molar-refractivity contribution in [2.75, 3.05) is 5.32 Å². The normalized spacial score (nSPS) is 11.0. The molecule has 1 aromatic heterocycles. The molecule has 0 radical (unpaired) electrons. The van der Waals surface area contributed by atoms with Crippen LogP contribution in [0.15, 0.2) is 58.5 Å². The molecular formula is C20H11Cl2N3O5. The minimum Gasteiger partial charge on any atom is -0.506 e. The highest BCUT2D eigenvalue weighted by atomic mass is 35.5.